The average Bonchev–Trinajstić information content (AvgIpc) is 3.16. The summed E-state index contributed by atoms with van der Waals surface area (Å²) in [6.45, 7) is 2.08. The molecule has 134 valence electrons. The van der Waals surface area contributed by atoms with E-state index in [1.807, 2.05) is 30.5 Å². The molecule has 0 radical (unpaired) electrons. The van der Waals surface area contributed by atoms with Gasteiger partial charge in [-0.05, 0) is 62.4 Å². The first-order valence-corrected chi connectivity index (χ1v) is 9.20. The van der Waals surface area contributed by atoms with E-state index in [4.69, 9.17) is 9.47 Å². The number of aryl methyl sites for hydroxylation is 1. The van der Waals surface area contributed by atoms with Crippen LogP contribution in [0.5, 0.6) is 11.5 Å². The first-order chi connectivity index (χ1) is 12.7. The van der Waals surface area contributed by atoms with Crippen LogP contribution in [0.2, 0.25) is 0 Å². The Morgan fingerprint density at radius 3 is 2.65 bits per heavy atom. The number of methoxy groups -OCH3 is 1. The normalized spacial score (nSPS) is 14.5. The van der Waals surface area contributed by atoms with Crippen molar-refractivity contribution in [3.05, 3.63) is 54.2 Å². The molecule has 0 aliphatic heterocycles. The lowest BCUT2D eigenvalue weighted by Gasteiger charge is -2.17. The third-order valence-corrected chi connectivity index (χ3v) is 4.95. The summed E-state index contributed by atoms with van der Waals surface area (Å²) in [4.78, 5) is 4.47. The van der Waals surface area contributed by atoms with E-state index < -0.39 is 0 Å². The lowest BCUT2D eigenvalue weighted by molar-refractivity contribution is 0.209. The van der Waals surface area contributed by atoms with Crippen LogP contribution in [-0.4, -0.2) is 18.2 Å². The van der Waals surface area contributed by atoms with Gasteiger partial charge >= 0.3 is 0 Å². The van der Waals surface area contributed by atoms with Gasteiger partial charge in [-0.2, -0.15) is 0 Å². The molecule has 1 saturated carbocycles. The van der Waals surface area contributed by atoms with E-state index in [0.29, 0.717) is 6.10 Å². The van der Waals surface area contributed by atoms with Gasteiger partial charge in [-0.3, -0.25) is 4.98 Å². The fraction of sp³-hybridized carbons (Fsp3) is 0.318. The van der Waals surface area contributed by atoms with Crippen molar-refractivity contribution < 1.29 is 9.47 Å². The highest BCUT2D eigenvalue weighted by molar-refractivity contribution is 5.93. The van der Waals surface area contributed by atoms with Crippen molar-refractivity contribution in [3.8, 4) is 11.5 Å². The van der Waals surface area contributed by atoms with Crippen molar-refractivity contribution in [2.24, 2.45) is 0 Å². The molecule has 4 nitrogen and oxygen atoms in total. The molecule has 1 fully saturated rings. The predicted molar refractivity (Wildman–Crippen MR) is 106 cm³/mol. The molecule has 1 aromatic heterocycles. The van der Waals surface area contributed by atoms with Crippen molar-refractivity contribution in [1.82, 2.24) is 4.98 Å². The van der Waals surface area contributed by atoms with E-state index >= 15 is 0 Å². The van der Waals surface area contributed by atoms with Gasteiger partial charge in [0.1, 0.15) is 11.5 Å². The van der Waals surface area contributed by atoms with Gasteiger partial charge in [-0.15, -0.1) is 0 Å². The van der Waals surface area contributed by atoms with Crippen LogP contribution in [0.4, 0.5) is 11.4 Å². The molecule has 0 amide bonds. The molecule has 0 spiro atoms. The first kappa shape index (κ1) is 16.7. The highest BCUT2D eigenvalue weighted by Gasteiger charge is 2.17. The van der Waals surface area contributed by atoms with E-state index in [-0.39, 0.29) is 0 Å². The summed E-state index contributed by atoms with van der Waals surface area (Å²) in [5.41, 5.74) is 4.11. The van der Waals surface area contributed by atoms with Crippen LogP contribution >= 0.6 is 0 Å². The van der Waals surface area contributed by atoms with Crippen molar-refractivity contribution >= 4 is 22.3 Å². The zero-order valence-electron chi connectivity index (χ0n) is 15.3. The molecule has 0 bridgehead atoms. The fourth-order valence-electron chi connectivity index (χ4n) is 3.56. The summed E-state index contributed by atoms with van der Waals surface area (Å²) in [5, 5.41) is 4.58. The maximum absolute atomic E-state index is 6.09. The lowest BCUT2D eigenvalue weighted by Crippen LogP contribution is -2.10. The van der Waals surface area contributed by atoms with Gasteiger partial charge < -0.3 is 14.8 Å². The van der Waals surface area contributed by atoms with E-state index in [1.54, 1.807) is 7.11 Å². The summed E-state index contributed by atoms with van der Waals surface area (Å²) in [6.07, 6.45) is 6.97. The molecule has 1 N–H and O–H groups in total. The monoisotopic (exact) mass is 348 g/mol. The highest BCUT2D eigenvalue weighted by Crippen LogP contribution is 2.35. The second kappa shape index (κ2) is 7.24. The van der Waals surface area contributed by atoms with Crippen LogP contribution in [0.15, 0.2) is 48.7 Å². The number of benzene rings is 2. The number of nitrogens with zero attached hydrogens (tertiary/aromatic N) is 1. The number of fused-ring (bicyclic) bond motifs is 1. The first-order valence-electron chi connectivity index (χ1n) is 9.20. The standard InChI is InChI=1S/C22H24N2O2/c1-15-7-9-18-19(11-12-23-21(18)13-15)24-20-10-8-17(14-22(20)25-2)26-16-5-3-4-6-16/h7-14,16H,3-6H2,1-2H3,(H,23,24). The van der Waals surface area contributed by atoms with Crippen molar-refractivity contribution in [3.63, 3.8) is 0 Å². The Balaban J connectivity index is 1.61. The van der Waals surface area contributed by atoms with E-state index in [1.165, 1.54) is 18.4 Å². The van der Waals surface area contributed by atoms with Gasteiger partial charge in [0, 0.05) is 23.3 Å². The van der Waals surface area contributed by atoms with Crippen molar-refractivity contribution in [2.45, 2.75) is 38.7 Å². The number of hydrogen-bond acceptors (Lipinski definition) is 4. The highest BCUT2D eigenvalue weighted by atomic mass is 16.5. The van der Waals surface area contributed by atoms with Gasteiger partial charge in [0.15, 0.2) is 0 Å². The molecule has 1 aliphatic carbocycles. The maximum atomic E-state index is 6.09. The second-order valence-electron chi connectivity index (χ2n) is 6.89. The van der Waals surface area contributed by atoms with Crippen LogP contribution in [0.1, 0.15) is 31.2 Å². The summed E-state index contributed by atoms with van der Waals surface area (Å²) in [6, 6.07) is 14.3. The predicted octanol–water partition coefficient (Wildman–Crippen LogP) is 5.62. The zero-order chi connectivity index (χ0) is 17.9. The molecule has 4 rings (SSSR count). The van der Waals surface area contributed by atoms with Gasteiger partial charge in [0.05, 0.1) is 24.4 Å². The SMILES string of the molecule is COc1cc(OC2CCCC2)ccc1Nc1ccnc2cc(C)ccc12. The summed E-state index contributed by atoms with van der Waals surface area (Å²) in [7, 11) is 1.69. The van der Waals surface area contributed by atoms with Crippen molar-refractivity contribution in [2.75, 3.05) is 12.4 Å². The summed E-state index contributed by atoms with van der Waals surface area (Å²) < 4.78 is 11.7. The zero-order valence-corrected chi connectivity index (χ0v) is 15.3. The molecule has 2 aromatic carbocycles. The Bertz CT molecular complexity index is 917. The van der Waals surface area contributed by atoms with Crippen LogP contribution in [0, 0.1) is 6.92 Å². The molecule has 0 atom stereocenters. The molecular weight excluding hydrogens is 324 g/mol. The van der Waals surface area contributed by atoms with Gasteiger partial charge in [0.2, 0.25) is 0 Å². The molecule has 4 heteroatoms. The van der Waals surface area contributed by atoms with E-state index in [2.05, 4.69) is 35.4 Å². The molecule has 0 unspecified atom stereocenters. The van der Waals surface area contributed by atoms with Gasteiger partial charge in [0.25, 0.3) is 0 Å². The quantitative estimate of drug-likeness (QED) is 0.650. The van der Waals surface area contributed by atoms with Crippen LogP contribution in [0.3, 0.4) is 0 Å². The maximum Gasteiger partial charge on any atom is 0.145 e. The molecule has 1 heterocycles. The number of rotatable bonds is 5. The fourth-order valence-corrected chi connectivity index (χ4v) is 3.56. The number of aromatic nitrogens is 1. The third-order valence-electron chi connectivity index (χ3n) is 4.95. The van der Waals surface area contributed by atoms with Crippen LogP contribution in [-0.2, 0) is 0 Å². The topological polar surface area (TPSA) is 43.4 Å². The Kier molecular flexibility index (Phi) is 4.65. The van der Waals surface area contributed by atoms with E-state index in [9.17, 15) is 0 Å². The Morgan fingerprint density at radius 2 is 1.85 bits per heavy atom. The largest absolute Gasteiger partial charge is 0.494 e. The number of anilines is 2. The number of pyridine rings is 1. The van der Waals surface area contributed by atoms with Gasteiger partial charge in [-0.1, -0.05) is 12.1 Å². The molecule has 26 heavy (non-hydrogen) atoms. The second-order valence-corrected chi connectivity index (χ2v) is 6.89. The van der Waals surface area contributed by atoms with Crippen LogP contribution < -0.4 is 14.8 Å². The minimum atomic E-state index is 0.339. The van der Waals surface area contributed by atoms with E-state index in [0.717, 1.165) is 46.6 Å². The van der Waals surface area contributed by atoms with Crippen LogP contribution in [0.25, 0.3) is 10.9 Å². The van der Waals surface area contributed by atoms with Crippen molar-refractivity contribution in [1.29, 1.82) is 0 Å². The number of ether oxygens (including phenoxy) is 2. The smallest absolute Gasteiger partial charge is 0.145 e. The number of hydrogen-bond donors (Lipinski definition) is 1. The average molecular weight is 348 g/mol. The lowest BCUT2D eigenvalue weighted by atomic mass is 10.1. The minimum Gasteiger partial charge on any atom is -0.494 e. The Labute approximate surface area is 154 Å². The Hall–Kier alpha value is -2.75. The Morgan fingerprint density at radius 1 is 1.00 bits per heavy atom. The van der Waals surface area contributed by atoms with Gasteiger partial charge in [-0.25, -0.2) is 0 Å². The molecule has 1 aliphatic rings. The third kappa shape index (κ3) is 3.45. The molecule has 0 saturated heterocycles. The molecule has 3 aromatic rings. The molecular formula is C22H24N2O2. The minimum absolute atomic E-state index is 0.339. The number of nitrogens with one attached hydrogen (secondary N) is 1. The summed E-state index contributed by atoms with van der Waals surface area (Å²) in [5.74, 6) is 1.65. The summed E-state index contributed by atoms with van der Waals surface area (Å²) >= 11 is 0.